The van der Waals surface area contributed by atoms with Gasteiger partial charge in [-0.3, -0.25) is 10.1 Å². The van der Waals surface area contributed by atoms with Gasteiger partial charge in [0.05, 0.1) is 4.92 Å². The molecule has 0 fully saturated rings. The van der Waals surface area contributed by atoms with Gasteiger partial charge in [-0.25, -0.2) is 0 Å². The Kier molecular flexibility index (Phi) is 7.65. The molecule has 0 bridgehead atoms. The molecule has 0 atom stereocenters. The van der Waals surface area contributed by atoms with Gasteiger partial charge in [-0.05, 0) is 31.0 Å². The van der Waals surface area contributed by atoms with Crippen molar-refractivity contribution in [1.29, 1.82) is 0 Å². The molecule has 0 aliphatic heterocycles. The maximum Gasteiger partial charge on any atom is 0.269 e. The summed E-state index contributed by atoms with van der Waals surface area (Å²) in [5.41, 5.74) is 0.0839. The SMILES string of the molecule is CC(C)CCCCNCCOc1ccc([N+](=O)[O-])cc1. The van der Waals surface area contributed by atoms with Gasteiger partial charge in [0.25, 0.3) is 5.69 Å². The Hall–Kier alpha value is -1.62. The number of nitrogens with one attached hydrogen (secondary N) is 1. The number of benzene rings is 1. The highest BCUT2D eigenvalue weighted by atomic mass is 16.6. The number of nitro groups is 1. The summed E-state index contributed by atoms with van der Waals surface area (Å²) >= 11 is 0. The Labute approximate surface area is 120 Å². The van der Waals surface area contributed by atoms with Crippen molar-refractivity contribution in [2.75, 3.05) is 19.7 Å². The molecule has 20 heavy (non-hydrogen) atoms. The lowest BCUT2D eigenvalue weighted by atomic mass is 10.1. The van der Waals surface area contributed by atoms with E-state index >= 15 is 0 Å². The van der Waals surface area contributed by atoms with Gasteiger partial charge >= 0.3 is 0 Å². The topological polar surface area (TPSA) is 64.4 Å². The Morgan fingerprint density at radius 3 is 2.50 bits per heavy atom. The molecule has 0 amide bonds. The summed E-state index contributed by atoms with van der Waals surface area (Å²) in [5.74, 6) is 1.44. The lowest BCUT2D eigenvalue weighted by Gasteiger charge is -2.08. The minimum Gasteiger partial charge on any atom is -0.492 e. The monoisotopic (exact) mass is 280 g/mol. The molecular formula is C15H24N2O3. The van der Waals surface area contributed by atoms with Crippen molar-refractivity contribution in [1.82, 2.24) is 5.32 Å². The third-order valence-corrected chi connectivity index (χ3v) is 2.98. The molecule has 0 radical (unpaired) electrons. The Balaban J connectivity index is 2.05. The zero-order valence-electron chi connectivity index (χ0n) is 12.3. The zero-order valence-corrected chi connectivity index (χ0v) is 12.3. The third-order valence-electron chi connectivity index (χ3n) is 2.98. The largest absolute Gasteiger partial charge is 0.492 e. The van der Waals surface area contributed by atoms with Crippen LogP contribution in [0.25, 0.3) is 0 Å². The van der Waals surface area contributed by atoms with E-state index in [1.54, 1.807) is 12.1 Å². The highest BCUT2D eigenvalue weighted by molar-refractivity contribution is 5.35. The van der Waals surface area contributed by atoms with E-state index in [-0.39, 0.29) is 5.69 Å². The summed E-state index contributed by atoms with van der Waals surface area (Å²) in [6.07, 6.45) is 3.73. The van der Waals surface area contributed by atoms with Gasteiger partial charge in [-0.2, -0.15) is 0 Å². The molecule has 0 unspecified atom stereocenters. The molecule has 1 rings (SSSR count). The standard InChI is InChI=1S/C15H24N2O3/c1-13(2)5-3-4-10-16-11-12-20-15-8-6-14(7-9-15)17(18)19/h6-9,13,16H,3-5,10-12H2,1-2H3. The molecule has 1 aromatic rings. The van der Waals surface area contributed by atoms with Crippen LogP contribution < -0.4 is 10.1 Å². The van der Waals surface area contributed by atoms with Crippen molar-refractivity contribution in [3.05, 3.63) is 34.4 Å². The second kappa shape index (κ2) is 9.31. The average molecular weight is 280 g/mol. The minimum absolute atomic E-state index is 0.0839. The van der Waals surface area contributed by atoms with E-state index in [4.69, 9.17) is 4.74 Å². The zero-order chi connectivity index (χ0) is 14.8. The molecule has 1 aromatic carbocycles. The number of hydrogen-bond donors (Lipinski definition) is 1. The molecule has 0 saturated heterocycles. The lowest BCUT2D eigenvalue weighted by Crippen LogP contribution is -2.22. The van der Waals surface area contributed by atoms with Crippen molar-refractivity contribution < 1.29 is 9.66 Å². The van der Waals surface area contributed by atoms with E-state index < -0.39 is 4.92 Å². The summed E-state index contributed by atoms with van der Waals surface area (Å²) in [7, 11) is 0. The maximum absolute atomic E-state index is 10.5. The van der Waals surface area contributed by atoms with Crippen LogP contribution in [0.15, 0.2) is 24.3 Å². The predicted octanol–water partition coefficient (Wildman–Crippen LogP) is 3.39. The number of rotatable bonds is 10. The van der Waals surface area contributed by atoms with Gasteiger partial charge in [0.2, 0.25) is 0 Å². The second-order valence-electron chi connectivity index (χ2n) is 5.24. The fourth-order valence-corrected chi connectivity index (χ4v) is 1.83. The molecule has 1 N–H and O–H groups in total. The molecule has 0 heterocycles. The summed E-state index contributed by atoms with van der Waals surface area (Å²) in [6, 6.07) is 6.16. The first kappa shape index (κ1) is 16.4. The van der Waals surface area contributed by atoms with Crippen LogP contribution in [0.3, 0.4) is 0 Å². The van der Waals surface area contributed by atoms with Crippen molar-refractivity contribution in [3.8, 4) is 5.75 Å². The Bertz CT molecular complexity index is 391. The summed E-state index contributed by atoms with van der Waals surface area (Å²) in [6.45, 7) is 6.86. The van der Waals surface area contributed by atoms with Crippen molar-refractivity contribution >= 4 is 5.69 Å². The van der Waals surface area contributed by atoms with Gasteiger partial charge in [0, 0.05) is 18.7 Å². The molecule has 0 aliphatic rings. The van der Waals surface area contributed by atoms with Crippen LogP contribution in [0.4, 0.5) is 5.69 Å². The Morgan fingerprint density at radius 2 is 1.90 bits per heavy atom. The van der Waals surface area contributed by atoms with E-state index in [1.165, 1.54) is 31.4 Å². The molecule has 5 heteroatoms. The van der Waals surface area contributed by atoms with Crippen molar-refractivity contribution in [2.45, 2.75) is 33.1 Å². The number of ether oxygens (including phenoxy) is 1. The molecule has 0 aliphatic carbocycles. The fraction of sp³-hybridized carbons (Fsp3) is 0.600. The first-order valence-corrected chi connectivity index (χ1v) is 7.17. The van der Waals surface area contributed by atoms with Crippen LogP contribution in [0.2, 0.25) is 0 Å². The van der Waals surface area contributed by atoms with Crippen molar-refractivity contribution in [2.24, 2.45) is 5.92 Å². The number of unbranched alkanes of at least 4 members (excludes halogenated alkanes) is 1. The van der Waals surface area contributed by atoms with Gasteiger partial charge in [-0.1, -0.05) is 26.7 Å². The first-order chi connectivity index (χ1) is 9.59. The molecule has 5 nitrogen and oxygen atoms in total. The quantitative estimate of drug-likeness (QED) is 0.405. The van der Waals surface area contributed by atoms with Gasteiger partial charge < -0.3 is 10.1 Å². The van der Waals surface area contributed by atoms with Crippen LogP contribution in [-0.2, 0) is 0 Å². The molecule has 112 valence electrons. The van der Waals surface area contributed by atoms with E-state index in [0.29, 0.717) is 12.4 Å². The maximum atomic E-state index is 10.5. The van der Waals surface area contributed by atoms with E-state index in [1.807, 2.05) is 0 Å². The van der Waals surface area contributed by atoms with Crippen LogP contribution in [0.1, 0.15) is 33.1 Å². The smallest absolute Gasteiger partial charge is 0.269 e. The molecule has 0 aromatic heterocycles. The van der Waals surface area contributed by atoms with E-state index in [0.717, 1.165) is 19.0 Å². The van der Waals surface area contributed by atoms with Gasteiger partial charge in [0.15, 0.2) is 0 Å². The number of nitro benzene ring substituents is 1. The Morgan fingerprint density at radius 1 is 1.20 bits per heavy atom. The van der Waals surface area contributed by atoms with Crippen molar-refractivity contribution in [3.63, 3.8) is 0 Å². The third kappa shape index (κ3) is 7.09. The average Bonchev–Trinajstić information content (AvgIpc) is 2.42. The normalized spacial score (nSPS) is 10.8. The fourth-order valence-electron chi connectivity index (χ4n) is 1.83. The minimum atomic E-state index is -0.414. The van der Waals surface area contributed by atoms with Gasteiger partial charge in [0.1, 0.15) is 12.4 Å². The predicted molar refractivity (Wildman–Crippen MR) is 80.2 cm³/mol. The summed E-state index contributed by atoms with van der Waals surface area (Å²) < 4.78 is 5.50. The summed E-state index contributed by atoms with van der Waals surface area (Å²) in [5, 5.41) is 13.8. The summed E-state index contributed by atoms with van der Waals surface area (Å²) in [4.78, 5) is 10.1. The molecule has 0 saturated carbocycles. The van der Waals surface area contributed by atoms with Crippen LogP contribution in [0, 0.1) is 16.0 Å². The van der Waals surface area contributed by atoms with Crippen LogP contribution >= 0.6 is 0 Å². The highest BCUT2D eigenvalue weighted by Crippen LogP contribution is 2.16. The van der Waals surface area contributed by atoms with Gasteiger partial charge in [-0.15, -0.1) is 0 Å². The molecule has 0 spiro atoms. The van der Waals surface area contributed by atoms with Crippen LogP contribution in [0.5, 0.6) is 5.75 Å². The number of non-ortho nitro benzene ring substituents is 1. The molecular weight excluding hydrogens is 256 g/mol. The van der Waals surface area contributed by atoms with E-state index in [9.17, 15) is 10.1 Å². The highest BCUT2D eigenvalue weighted by Gasteiger charge is 2.03. The first-order valence-electron chi connectivity index (χ1n) is 7.17. The number of hydrogen-bond acceptors (Lipinski definition) is 4. The second-order valence-corrected chi connectivity index (χ2v) is 5.24. The van der Waals surface area contributed by atoms with Crippen LogP contribution in [-0.4, -0.2) is 24.6 Å². The lowest BCUT2D eigenvalue weighted by molar-refractivity contribution is -0.384. The van der Waals surface area contributed by atoms with E-state index in [2.05, 4.69) is 19.2 Å². The number of nitrogens with zero attached hydrogens (tertiary/aromatic N) is 1.